The summed E-state index contributed by atoms with van der Waals surface area (Å²) >= 11 is 0. The van der Waals surface area contributed by atoms with Gasteiger partial charge in [-0.3, -0.25) is 4.57 Å². The van der Waals surface area contributed by atoms with Crippen molar-refractivity contribution in [2.24, 2.45) is 0 Å². The van der Waals surface area contributed by atoms with E-state index in [-0.39, 0.29) is 24.2 Å². The van der Waals surface area contributed by atoms with Crippen molar-refractivity contribution < 1.29 is 19.3 Å². The highest BCUT2D eigenvalue weighted by atomic mass is 16.6. The van der Waals surface area contributed by atoms with E-state index in [4.69, 9.17) is 14.2 Å². The highest BCUT2D eigenvalue weighted by Crippen LogP contribution is 2.30. The summed E-state index contributed by atoms with van der Waals surface area (Å²) in [4.78, 5) is 16.7. The van der Waals surface area contributed by atoms with Crippen molar-refractivity contribution in [3.63, 3.8) is 0 Å². The van der Waals surface area contributed by atoms with E-state index in [0.717, 1.165) is 34.4 Å². The normalized spacial score (nSPS) is 16.9. The van der Waals surface area contributed by atoms with Crippen LogP contribution in [0.15, 0.2) is 53.3 Å². The molecule has 0 radical (unpaired) electrons. The first kappa shape index (κ1) is 20.3. The van der Waals surface area contributed by atoms with Gasteiger partial charge in [-0.05, 0) is 48.4 Å². The van der Waals surface area contributed by atoms with Gasteiger partial charge in [-0.1, -0.05) is 17.9 Å². The Morgan fingerprint density at radius 3 is 2.72 bits per heavy atom. The fourth-order valence-corrected chi connectivity index (χ4v) is 3.86. The number of nitrogens with zero attached hydrogens (tertiary/aromatic N) is 2. The van der Waals surface area contributed by atoms with Gasteiger partial charge >= 0.3 is 5.69 Å². The average molecular weight is 430 g/mol. The molecule has 0 saturated carbocycles. The Morgan fingerprint density at radius 2 is 1.91 bits per heavy atom. The van der Waals surface area contributed by atoms with Crippen molar-refractivity contribution in [3.8, 4) is 34.7 Å². The molecule has 1 unspecified atom stereocenters. The van der Waals surface area contributed by atoms with E-state index in [1.165, 1.54) is 0 Å². The summed E-state index contributed by atoms with van der Waals surface area (Å²) < 4.78 is 18.4. The lowest BCUT2D eigenvalue weighted by atomic mass is 9.95. The van der Waals surface area contributed by atoms with Crippen molar-refractivity contribution in [3.05, 3.63) is 75.7 Å². The average Bonchev–Trinajstić information content (AvgIpc) is 2.83. The van der Waals surface area contributed by atoms with Crippen molar-refractivity contribution in [1.29, 1.82) is 0 Å². The summed E-state index contributed by atoms with van der Waals surface area (Å²) in [7, 11) is 0. The van der Waals surface area contributed by atoms with Crippen LogP contribution in [0.1, 0.15) is 16.7 Å². The van der Waals surface area contributed by atoms with Gasteiger partial charge in [0, 0.05) is 29.3 Å². The van der Waals surface area contributed by atoms with Gasteiger partial charge in [0.25, 0.3) is 0 Å². The summed E-state index contributed by atoms with van der Waals surface area (Å²) in [5.41, 5.74) is 4.31. The lowest BCUT2D eigenvalue weighted by Crippen LogP contribution is -2.34. The molecule has 32 heavy (non-hydrogen) atoms. The minimum absolute atomic E-state index is 0.161. The molecule has 1 atom stereocenters. The number of benzene rings is 2. The number of fused-ring (bicyclic) bond motifs is 3. The number of ether oxygens (including phenoxy) is 3. The Labute approximate surface area is 185 Å². The number of hydrogen-bond acceptors (Lipinski definition) is 6. The van der Waals surface area contributed by atoms with E-state index in [1.54, 1.807) is 28.8 Å². The van der Waals surface area contributed by atoms with Crippen LogP contribution < -0.4 is 10.4 Å². The molecular formula is C25H22N2O5. The maximum absolute atomic E-state index is 12.6. The van der Waals surface area contributed by atoms with E-state index < -0.39 is 0 Å². The molecule has 2 aliphatic heterocycles. The second kappa shape index (κ2) is 8.87. The van der Waals surface area contributed by atoms with Gasteiger partial charge in [0.2, 0.25) is 5.88 Å². The van der Waals surface area contributed by atoms with E-state index in [9.17, 15) is 9.90 Å². The Hall–Kier alpha value is -3.60. The summed E-state index contributed by atoms with van der Waals surface area (Å²) in [5.74, 6) is 6.79. The van der Waals surface area contributed by atoms with Gasteiger partial charge in [0.1, 0.15) is 18.5 Å². The number of phenolic OH excluding ortho intramolecular Hbond substituents is 1. The quantitative estimate of drug-likeness (QED) is 0.643. The molecule has 0 spiro atoms. The largest absolute Gasteiger partial charge is 0.508 e. The molecule has 2 aliphatic rings. The first-order chi connectivity index (χ1) is 15.7. The van der Waals surface area contributed by atoms with Crippen molar-refractivity contribution >= 4 is 0 Å². The zero-order valence-corrected chi connectivity index (χ0v) is 17.4. The monoisotopic (exact) mass is 430 g/mol. The number of aromatic hydroxyl groups is 1. The van der Waals surface area contributed by atoms with Crippen LogP contribution in [0.25, 0.3) is 11.3 Å². The fourth-order valence-electron chi connectivity index (χ4n) is 3.86. The van der Waals surface area contributed by atoms with Gasteiger partial charge in [0.15, 0.2) is 0 Å². The van der Waals surface area contributed by atoms with Crippen LogP contribution in [0.2, 0.25) is 0 Å². The van der Waals surface area contributed by atoms with E-state index in [2.05, 4.69) is 22.9 Å². The fraction of sp³-hybridized carbons (Fsp3) is 0.280. The Balaban J connectivity index is 1.39. The van der Waals surface area contributed by atoms with Crippen molar-refractivity contribution in [2.75, 3.05) is 26.4 Å². The third-order valence-corrected chi connectivity index (χ3v) is 5.49. The van der Waals surface area contributed by atoms with Crippen LogP contribution in [-0.2, 0) is 22.4 Å². The SMILES string of the molecule is O=c1nc(OCC2COCCO2)cc2n1CCc1cc(C#Cc3ccc(O)cc3)ccc1-2. The molecule has 162 valence electrons. The van der Waals surface area contributed by atoms with E-state index >= 15 is 0 Å². The van der Waals surface area contributed by atoms with Crippen LogP contribution in [0, 0.1) is 11.8 Å². The van der Waals surface area contributed by atoms with Gasteiger partial charge < -0.3 is 19.3 Å². The number of aryl methyl sites for hydroxylation is 1. The number of rotatable bonds is 3. The molecular weight excluding hydrogens is 408 g/mol. The molecule has 7 nitrogen and oxygen atoms in total. The molecule has 3 heterocycles. The lowest BCUT2D eigenvalue weighted by molar-refractivity contribution is -0.102. The summed E-state index contributed by atoms with van der Waals surface area (Å²) in [5, 5.41) is 9.40. The van der Waals surface area contributed by atoms with Crippen LogP contribution in [0.4, 0.5) is 0 Å². The molecule has 0 amide bonds. The zero-order valence-electron chi connectivity index (χ0n) is 17.4. The van der Waals surface area contributed by atoms with Crippen LogP contribution >= 0.6 is 0 Å². The molecule has 5 rings (SSSR count). The molecule has 0 aliphatic carbocycles. The lowest BCUT2D eigenvalue weighted by Gasteiger charge is -2.24. The first-order valence-corrected chi connectivity index (χ1v) is 10.5. The van der Waals surface area contributed by atoms with Gasteiger partial charge in [-0.15, -0.1) is 0 Å². The standard InChI is InChI=1S/C25H22N2O5/c28-20-6-3-17(4-7-20)1-2-18-5-8-22-19(13-18)9-10-27-23(22)14-24(26-25(27)29)32-16-21-15-30-11-12-31-21/h3-8,13-14,21,28H,9-12,15-16H2. The van der Waals surface area contributed by atoms with Crippen molar-refractivity contribution in [2.45, 2.75) is 19.1 Å². The van der Waals surface area contributed by atoms with Crippen molar-refractivity contribution in [1.82, 2.24) is 9.55 Å². The minimum Gasteiger partial charge on any atom is -0.508 e. The first-order valence-electron chi connectivity index (χ1n) is 10.5. The predicted molar refractivity (Wildman–Crippen MR) is 118 cm³/mol. The second-order valence-corrected chi connectivity index (χ2v) is 7.71. The van der Waals surface area contributed by atoms with Crippen LogP contribution in [0.5, 0.6) is 11.6 Å². The molecule has 3 aromatic rings. The molecule has 2 aromatic carbocycles. The maximum Gasteiger partial charge on any atom is 0.351 e. The molecule has 0 bridgehead atoms. The van der Waals surface area contributed by atoms with E-state index in [0.29, 0.717) is 32.2 Å². The smallest absolute Gasteiger partial charge is 0.351 e. The Morgan fingerprint density at radius 1 is 1.09 bits per heavy atom. The Bertz CT molecular complexity index is 1250. The maximum atomic E-state index is 12.6. The molecule has 1 aromatic heterocycles. The second-order valence-electron chi connectivity index (χ2n) is 7.71. The minimum atomic E-state index is -0.319. The highest BCUT2D eigenvalue weighted by molar-refractivity contribution is 5.68. The third kappa shape index (κ3) is 4.37. The number of phenols is 1. The number of hydrogen-bond donors (Lipinski definition) is 1. The highest BCUT2D eigenvalue weighted by Gasteiger charge is 2.20. The van der Waals surface area contributed by atoms with Crippen LogP contribution in [0.3, 0.4) is 0 Å². The topological polar surface area (TPSA) is 82.8 Å². The number of aromatic nitrogens is 2. The molecule has 1 N–H and O–H groups in total. The van der Waals surface area contributed by atoms with Gasteiger partial charge in [-0.2, -0.15) is 4.98 Å². The van der Waals surface area contributed by atoms with Gasteiger partial charge in [0.05, 0.1) is 25.5 Å². The summed E-state index contributed by atoms with van der Waals surface area (Å²) in [6.07, 6.45) is 0.567. The molecule has 7 heteroatoms. The summed E-state index contributed by atoms with van der Waals surface area (Å²) in [6, 6.07) is 14.6. The molecule has 1 saturated heterocycles. The van der Waals surface area contributed by atoms with Crippen LogP contribution in [-0.4, -0.2) is 47.2 Å². The summed E-state index contributed by atoms with van der Waals surface area (Å²) in [6.45, 7) is 2.45. The third-order valence-electron chi connectivity index (χ3n) is 5.49. The van der Waals surface area contributed by atoms with E-state index in [1.807, 2.05) is 18.2 Å². The van der Waals surface area contributed by atoms with Gasteiger partial charge in [-0.25, -0.2) is 4.79 Å². The predicted octanol–water partition coefficient (Wildman–Crippen LogP) is 2.37. The zero-order chi connectivity index (χ0) is 21.9. The Kier molecular flexibility index (Phi) is 5.63. The molecule has 1 fully saturated rings.